The van der Waals surface area contributed by atoms with Crippen LogP contribution in [0.2, 0.25) is 0 Å². The van der Waals surface area contributed by atoms with Gasteiger partial charge in [0, 0.05) is 78.0 Å². The smallest absolute Gasteiger partial charge is 0.302 e. The summed E-state index contributed by atoms with van der Waals surface area (Å²) in [4.78, 5) is 66.9. The first kappa shape index (κ1) is 35.1. The highest BCUT2D eigenvalue weighted by Crippen LogP contribution is 2.39. The van der Waals surface area contributed by atoms with Crippen molar-refractivity contribution in [3.05, 3.63) is 107 Å². The minimum absolute atomic E-state index is 0.104. The first-order valence-electron chi connectivity index (χ1n) is 18.4. The van der Waals surface area contributed by atoms with Crippen LogP contribution in [0.3, 0.4) is 0 Å². The van der Waals surface area contributed by atoms with Crippen molar-refractivity contribution in [3.8, 4) is 0 Å². The maximum absolute atomic E-state index is 14.0. The fourth-order valence-electron chi connectivity index (χ4n) is 7.76. The molecule has 56 heavy (non-hydrogen) atoms. The van der Waals surface area contributed by atoms with Gasteiger partial charge in [-0.15, -0.1) is 10.2 Å². The average molecular weight is 765 g/mol. The van der Waals surface area contributed by atoms with Crippen molar-refractivity contribution in [1.82, 2.24) is 15.0 Å². The second-order valence-electron chi connectivity index (χ2n) is 14.0. The number of ether oxygens (including phenoxy) is 1. The lowest BCUT2D eigenvalue weighted by molar-refractivity contribution is -0.140. The van der Waals surface area contributed by atoms with Crippen molar-refractivity contribution >= 4 is 95.3 Å². The maximum atomic E-state index is 14.0. The predicted molar refractivity (Wildman–Crippen MR) is 218 cm³/mol. The zero-order valence-corrected chi connectivity index (χ0v) is 31.5. The van der Waals surface area contributed by atoms with Gasteiger partial charge in [-0.05, 0) is 109 Å². The Hall–Kier alpha value is -6.67. The number of aromatic nitrogens is 3. The van der Waals surface area contributed by atoms with Crippen LogP contribution < -0.4 is 14.7 Å². The number of carbonyl (C=O) groups excluding carboxylic acids is 4. The molecule has 0 radical (unpaired) electrons. The molecule has 2 aliphatic heterocycles. The Kier molecular flexibility index (Phi) is 8.89. The number of aldehydes is 1. The molecule has 5 heterocycles. The van der Waals surface area contributed by atoms with E-state index in [0.29, 0.717) is 60.3 Å². The summed E-state index contributed by atoms with van der Waals surface area (Å²) in [6, 6.07) is 24.7. The third-order valence-electron chi connectivity index (χ3n) is 10.5. The van der Waals surface area contributed by atoms with E-state index in [0.717, 1.165) is 79.5 Å². The molecule has 14 heteroatoms. The lowest BCUT2D eigenvalue weighted by Gasteiger charge is -2.19. The van der Waals surface area contributed by atoms with E-state index in [1.165, 1.54) is 18.3 Å². The van der Waals surface area contributed by atoms with Gasteiger partial charge in [0.05, 0.1) is 28.2 Å². The van der Waals surface area contributed by atoms with Gasteiger partial charge < -0.3 is 29.4 Å². The molecule has 2 N–H and O–H groups in total. The van der Waals surface area contributed by atoms with E-state index in [9.17, 15) is 19.2 Å². The molecule has 2 amide bonds. The van der Waals surface area contributed by atoms with E-state index in [4.69, 9.17) is 4.74 Å². The van der Waals surface area contributed by atoms with Crippen LogP contribution in [0.5, 0.6) is 0 Å². The molecule has 0 aliphatic carbocycles. The summed E-state index contributed by atoms with van der Waals surface area (Å²) in [6.07, 6.45) is 2.91. The molecule has 0 fully saturated rings. The normalized spacial score (nSPS) is 13.6. The molecule has 7 aromatic rings. The molecule has 0 atom stereocenters. The topological polar surface area (TPSA) is 156 Å². The van der Waals surface area contributed by atoms with Crippen LogP contribution in [0.1, 0.15) is 55.8 Å². The minimum atomic E-state index is -0.273. The lowest BCUT2D eigenvalue weighted by atomic mass is 10.1. The van der Waals surface area contributed by atoms with Crippen LogP contribution in [0.4, 0.5) is 27.9 Å². The molecule has 0 saturated heterocycles. The molecular weight excluding hydrogens is 729 g/mol. The van der Waals surface area contributed by atoms with Crippen molar-refractivity contribution in [3.63, 3.8) is 0 Å². The monoisotopic (exact) mass is 764 g/mol. The molecule has 2 aliphatic rings. The van der Waals surface area contributed by atoms with Gasteiger partial charge in [0.25, 0.3) is 11.8 Å². The highest BCUT2D eigenvalue weighted by Gasteiger charge is 2.31. The largest absolute Gasteiger partial charge is 0.466 e. The molecule has 9 rings (SSSR count). The molecule has 0 bridgehead atoms. The second-order valence-corrected chi connectivity index (χ2v) is 15.0. The van der Waals surface area contributed by atoms with E-state index in [1.807, 2.05) is 79.8 Å². The zero-order chi connectivity index (χ0) is 38.5. The van der Waals surface area contributed by atoms with E-state index in [-0.39, 0.29) is 17.8 Å². The van der Waals surface area contributed by atoms with Gasteiger partial charge in [-0.3, -0.25) is 19.2 Å². The predicted octanol–water partition coefficient (Wildman–Crippen LogP) is 8.28. The number of azo groups is 1. The standard InChI is InChI=1S/C42H36N8O5S/c1-24(52)55-19-3-16-48(2)28-7-5-26(6-8-28)46-47-42-45-35-9-4-25(20-39(35)56-42)40(53)49-17-14-30-32-22-36(44-34(32)11-13-37(30)49)41(54)50-18-15-29-31-21-27(23-51)43-33(31)10-12-38(29)50/h4-13,20-23,43-44H,3,14-19H2,1-2H3. The van der Waals surface area contributed by atoms with Crippen LogP contribution in [0.25, 0.3) is 32.0 Å². The number of H-pyrrole nitrogens is 2. The van der Waals surface area contributed by atoms with Gasteiger partial charge in [0.15, 0.2) is 6.29 Å². The van der Waals surface area contributed by atoms with Crippen molar-refractivity contribution in [1.29, 1.82) is 0 Å². The Morgan fingerprint density at radius 1 is 0.857 bits per heavy atom. The van der Waals surface area contributed by atoms with E-state index in [2.05, 4.69) is 30.1 Å². The fourth-order valence-corrected chi connectivity index (χ4v) is 8.58. The summed E-state index contributed by atoms with van der Waals surface area (Å²) >= 11 is 1.37. The number of aromatic amines is 2. The first-order chi connectivity index (χ1) is 27.2. The molecule has 0 spiro atoms. The molecule has 4 aromatic carbocycles. The highest BCUT2D eigenvalue weighted by atomic mass is 32.1. The fraction of sp³-hybridized carbons (Fsp3) is 0.214. The Labute approximate surface area is 324 Å². The van der Waals surface area contributed by atoms with Gasteiger partial charge in [-0.25, -0.2) is 4.98 Å². The Morgan fingerprint density at radius 2 is 1.55 bits per heavy atom. The number of rotatable bonds is 10. The minimum Gasteiger partial charge on any atom is -0.466 e. The molecule has 13 nitrogen and oxygen atoms in total. The van der Waals surface area contributed by atoms with E-state index < -0.39 is 0 Å². The number of carbonyl (C=O) groups is 4. The Bertz CT molecular complexity index is 2750. The number of amides is 2. The van der Waals surface area contributed by atoms with E-state index in [1.54, 1.807) is 15.9 Å². The summed E-state index contributed by atoms with van der Waals surface area (Å²) in [5.74, 6) is -0.494. The summed E-state index contributed by atoms with van der Waals surface area (Å²) in [6.45, 7) is 3.62. The number of hydrogen-bond donors (Lipinski definition) is 2. The van der Waals surface area contributed by atoms with Crippen LogP contribution in [0, 0.1) is 0 Å². The second kappa shape index (κ2) is 14.2. The molecule has 0 unspecified atom stereocenters. The Balaban J connectivity index is 0.886. The maximum Gasteiger partial charge on any atom is 0.302 e. The van der Waals surface area contributed by atoms with Crippen molar-refractivity contribution in [2.45, 2.75) is 26.2 Å². The van der Waals surface area contributed by atoms with Gasteiger partial charge in [-0.1, -0.05) is 11.3 Å². The van der Waals surface area contributed by atoms with Crippen molar-refractivity contribution in [2.75, 3.05) is 48.0 Å². The van der Waals surface area contributed by atoms with E-state index >= 15 is 0 Å². The van der Waals surface area contributed by atoms with Crippen LogP contribution >= 0.6 is 11.3 Å². The van der Waals surface area contributed by atoms with Crippen LogP contribution in [-0.2, 0) is 22.4 Å². The number of benzene rings is 4. The number of thiazole rings is 1. The lowest BCUT2D eigenvalue weighted by Crippen LogP contribution is -2.29. The van der Waals surface area contributed by atoms with Crippen LogP contribution in [0.15, 0.2) is 89.1 Å². The summed E-state index contributed by atoms with van der Waals surface area (Å²) < 4.78 is 5.85. The Morgan fingerprint density at radius 3 is 2.27 bits per heavy atom. The van der Waals surface area contributed by atoms with Crippen molar-refractivity contribution < 1.29 is 23.9 Å². The highest BCUT2D eigenvalue weighted by molar-refractivity contribution is 7.21. The molecule has 280 valence electrons. The third-order valence-corrected chi connectivity index (χ3v) is 11.4. The zero-order valence-electron chi connectivity index (χ0n) is 30.7. The van der Waals surface area contributed by atoms with Gasteiger partial charge in [-0.2, -0.15) is 0 Å². The average Bonchev–Trinajstić information content (AvgIpc) is 4.05. The van der Waals surface area contributed by atoms with Gasteiger partial charge >= 0.3 is 5.97 Å². The number of nitrogens with zero attached hydrogens (tertiary/aromatic N) is 6. The number of nitrogens with one attached hydrogen (secondary N) is 2. The summed E-state index contributed by atoms with van der Waals surface area (Å²) in [5.41, 5.74) is 9.52. The molecule has 0 saturated carbocycles. The summed E-state index contributed by atoms with van der Waals surface area (Å²) in [7, 11) is 1.98. The first-order valence-corrected chi connectivity index (χ1v) is 19.2. The number of fused-ring (bicyclic) bond motifs is 7. The third kappa shape index (κ3) is 6.37. The SMILES string of the molecule is CC(=O)OCCCN(C)c1ccc(N=Nc2nc3ccc(C(=O)N4CCc5c4ccc4[nH]c(C(=O)N6CCc7c6ccc6[nH]c(C=O)cc76)cc54)cc3s2)cc1. The number of esters is 1. The van der Waals surface area contributed by atoms with Crippen LogP contribution in [-0.4, -0.2) is 72.3 Å². The number of anilines is 3. The van der Waals surface area contributed by atoms with Crippen molar-refractivity contribution in [2.24, 2.45) is 10.2 Å². The summed E-state index contributed by atoms with van der Waals surface area (Å²) in [5, 5.41) is 11.1. The number of hydrogen-bond acceptors (Lipinski definition) is 10. The molecule has 3 aromatic heterocycles. The molecular formula is C42H36N8O5S. The van der Waals surface area contributed by atoms with Gasteiger partial charge in [0.1, 0.15) is 5.69 Å². The van der Waals surface area contributed by atoms with Gasteiger partial charge in [0.2, 0.25) is 5.13 Å². The quantitative estimate of drug-likeness (QED) is 0.0614.